The largest absolute Gasteiger partial charge is 0.478 e. The molecule has 0 saturated carbocycles. The number of pyridine rings is 1. The quantitative estimate of drug-likeness (QED) is 0.891. The van der Waals surface area contributed by atoms with Gasteiger partial charge in [-0.15, -0.1) is 0 Å². The van der Waals surface area contributed by atoms with Gasteiger partial charge in [0.1, 0.15) is 0 Å². The molecule has 1 aromatic heterocycles. The molecule has 0 radical (unpaired) electrons. The number of nitrogens with one attached hydrogen (secondary N) is 1. The van der Waals surface area contributed by atoms with Crippen molar-refractivity contribution in [3.05, 3.63) is 59.4 Å². The summed E-state index contributed by atoms with van der Waals surface area (Å²) in [4.78, 5) is 14.8. The van der Waals surface area contributed by atoms with Gasteiger partial charge in [0.25, 0.3) is 0 Å². The first kappa shape index (κ1) is 12.9. The summed E-state index contributed by atoms with van der Waals surface area (Å²) in [6, 6.07) is 4.85. The zero-order valence-electron chi connectivity index (χ0n) is 9.73. The molecular weight excluding hydrogens is 254 g/mol. The third-order valence-corrected chi connectivity index (χ3v) is 2.52. The van der Waals surface area contributed by atoms with Crippen LogP contribution in [0.25, 0.3) is 0 Å². The summed E-state index contributed by atoms with van der Waals surface area (Å²) in [5.41, 5.74) is 0.886. The maximum absolute atomic E-state index is 13.0. The molecule has 0 spiro atoms. The lowest BCUT2D eigenvalue weighted by atomic mass is 10.2. The van der Waals surface area contributed by atoms with Gasteiger partial charge in [-0.25, -0.2) is 13.6 Å². The minimum Gasteiger partial charge on any atom is -0.478 e. The van der Waals surface area contributed by atoms with Gasteiger partial charge in [0.2, 0.25) is 0 Å². The van der Waals surface area contributed by atoms with E-state index in [4.69, 9.17) is 5.11 Å². The van der Waals surface area contributed by atoms with Crippen LogP contribution in [-0.4, -0.2) is 16.1 Å². The maximum atomic E-state index is 13.0. The number of carboxylic acid groups (broad SMARTS) is 1. The predicted octanol–water partition coefficient (Wildman–Crippen LogP) is 2.67. The van der Waals surface area contributed by atoms with Crippen molar-refractivity contribution in [3.8, 4) is 0 Å². The Morgan fingerprint density at radius 1 is 1.26 bits per heavy atom. The van der Waals surface area contributed by atoms with Crippen LogP contribution in [0.5, 0.6) is 0 Å². The van der Waals surface area contributed by atoms with E-state index in [1.807, 2.05) is 0 Å². The van der Waals surface area contributed by atoms with Crippen LogP contribution in [0.1, 0.15) is 15.9 Å². The number of aromatic nitrogens is 1. The first-order valence-electron chi connectivity index (χ1n) is 5.43. The highest BCUT2D eigenvalue weighted by molar-refractivity contribution is 5.93. The van der Waals surface area contributed by atoms with E-state index in [1.54, 1.807) is 0 Å². The molecule has 0 unspecified atom stereocenters. The molecule has 0 aliphatic heterocycles. The van der Waals surface area contributed by atoms with Crippen molar-refractivity contribution in [1.82, 2.24) is 4.98 Å². The zero-order valence-corrected chi connectivity index (χ0v) is 9.73. The van der Waals surface area contributed by atoms with E-state index in [1.165, 1.54) is 24.5 Å². The van der Waals surface area contributed by atoms with Gasteiger partial charge in [0, 0.05) is 12.7 Å². The van der Waals surface area contributed by atoms with Crippen molar-refractivity contribution in [2.75, 3.05) is 5.32 Å². The van der Waals surface area contributed by atoms with E-state index < -0.39 is 17.6 Å². The molecule has 1 aromatic carbocycles. The molecule has 2 rings (SSSR count). The van der Waals surface area contributed by atoms with Crippen molar-refractivity contribution < 1.29 is 18.7 Å². The molecule has 19 heavy (non-hydrogen) atoms. The van der Waals surface area contributed by atoms with Crippen LogP contribution >= 0.6 is 0 Å². The van der Waals surface area contributed by atoms with Crippen molar-refractivity contribution in [3.63, 3.8) is 0 Å². The van der Waals surface area contributed by atoms with Crippen molar-refractivity contribution in [2.45, 2.75) is 6.54 Å². The molecule has 98 valence electrons. The zero-order chi connectivity index (χ0) is 13.8. The van der Waals surface area contributed by atoms with Crippen LogP contribution in [0.15, 0.2) is 36.7 Å². The van der Waals surface area contributed by atoms with Gasteiger partial charge in [-0.2, -0.15) is 0 Å². The van der Waals surface area contributed by atoms with E-state index >= 15 is 0 Å². The van der Waals surface area contributed by atoms with Crippen molar-refractivity contribution in [2.24, 2.45) is 0 Å². The lowest BCUT2D eigenvalue weighted by Crippen LogP contribution is -2.07. The predicted molar refractivity (Wildman–Crippen MR) is 64.9 cm³/mol. The monoisotopic (exact) mass is 264 g/mol. The Kier molecular flexibility index (Phi) is 3.70. The molecule has 0 atom stereocenters. The topological polar surface area (TPSA) is 62.2 Å². The van der Waals surface area contributed by atoms with Crippen LogP contribution in [0.4, 0.5) is 14.5 Å². The number of carbonyl (C=O) groups is 1. The number of anilines is 1. The second-order valence-corrected chi connectivity index (χ2v) is 3.83. The number of hydrogen-bond acceptors (Lipinski definition) is 3. The molecule has 6 heteroatoms. The van der Waals surface area contributed by atoms with E-state index in [0.29, 0.717) is 11.3 Å². The van der Waals surface area contributed by atoms with Crippen molar-refractivity contribution >= 4 is 11.7 Å². The highest BCUT2D eigenvalue weighted by Gasteiger charge is 2.09. The van der Waals surface area contributed by atoms with Gasteiger partial charge >= 0.3 is 5.97 Å². The summed E-state index contributed by atoms with van der Waals surface area (Å²) >= 11 is 0. The summed E-state index contributed by atoms with van der Waals surface area (Å²) in [7, 11) is 0. The first-order chi connectivity index (χ1) is 9.08. The number of benzene rings is 1. The number of rotatable bonds is 4. The maximum Gasteiger partial charge on any atom is 0.337 e. The highest BCUT2D eigenvalue weighted by atomic mass is 19.2. The normalized spacial score (nSPS) is 10.2. The Morgan fingerprint density at radius 3 is 2.74 bits per heavy atom. The molecule has 0 saturated heterocycles. The Bertz CT molecular complexity index is 617. The summed E-state index contributed by atoms with van der Waals surface area (Å²) in [6.07, 6.45) is 2.73. The number of halogens is 2. The summed E-state index contributed by atoms with van der Waals surface area (Å²) < 4.78 is 25.8. The first-order valence-corrected chi connectivity index (χ1v) is 5.43. The number of carboxylic acids is 1. The highest BCUT2D eigenvalue weighted by Crippen LogP contribution is 2.15. The molecule has 0 aliphatic carbocycles. The molecule has 0 bridgehead atoms. The third-order valence-electron chi connectivity index (χ3n) is 2.52. The molecule has 0 amide bonds. The van der Waals surface area contributed by atoms with Gasteiger partial charge in [0.15, 0.2) is 11.6 Å². The van der Waals surface area contributed by atoms with Crippen LogP contribution in [0, 0.1) is 11.6 Å². The Morgan fingerprint density at radius 2 is 2.05 bits per heavy atom. The Labute approximate surface area is 107 Å². The molecular formula is C13H10F2N2O2. The van der Waals surface area contributed by atoms with E-state index in [-0.39, 0.29) is 12.1 Å². The minimum absolute atomic E-state index is 0.0672. The van der Waals surface area contributed by atoms with E-state index in [2.05, 4.69) is 10.3 Å². The van der Waals surface area contributed by atoms with Crippen molar-refractivity contribution in [1.29, 1.82) is 0 Å². The third kappa shape index (κ3) is 3.04. The Balaban J connectivity index is 2.14. The summed E-state index contributed by atoms with van der Waals surface area (Å²) in [6.45, 7) is 0.170. The average Bonchev–Trinajstić information content (AvgIpc) is 2.40. The minimum atomic E-state index is -1.09. The molecule has 2 N–H and O–H groups in total. The number of aromatic carboxylic acids is 1. The fourth-order valence-electron chi connectivity index (χ4n) is 1.57. The van der Waals surface area contributed by atoms with Gasteiger partial charge in [0.05, 0.1) is 17.4 Å². The van der Waals surface area contributed by atoms with Crippen LogP contribution in [0.3, 0.4) is 0 Å². The second kappa shape index (κ2) is 5.43. The van der Waals surface area contributed by atoms with Gasteiger partial charge in [-0.05, 0) is 23.8 Å². The SMILES string of the molecule is O=C(O)c1ccncc1NCc1ccc(F)c(F)c1. The summed E-state index contributed by atoms with van der Waals surface area (Å²) in [5, 5.41) is 11.8. The van der Waals surface area contributed by atoms with E-state index in [9.17, 15) is 13.6 Å². The molecule has 1 heterocycles. The van der Waals surface area contributed by atoms with Gasteiger partial charge < -0.3 is 10.4 Å². The second-order valence-electron chi connectivity index (χ2n) is 3.83. The van der Waals surface area contributed by atoms with Crippen LogP contribution in [-0.2, 0) is 6.54 Å². The summed E-state index contributed by atoms with van der Waals surface area (Å²) in [5.74, 6) is -2.95. The number of hydrogen-bond donors (Lipinski definition) is 2. The lowest BCUT2D eigenvalue weighted by Gasteiger charge is -2.09. The van der Waals surface area contributed by atoms with Gasteiger partial charge in [-0.3, -0.25) is 4.98 Å². The van der Waals surface area contributed by atoms with Gasteiger partial charge in [-0.1, -0.05) is 6.07 Å². The molecule has 0 fully saturated rings. The fourth-order valence-corrected chi connectivity index (χ4v) is 1.57. The van der Waals surface area contributed by atoms with Crippen LogP contribution < -0.4 is 5.32 Å². The fraction of sp³-hybridized carbons (Fsp3) is 0.0769. The molecule has 4 nitrogen and oxygen atoms in total. The lowest BCUT2D eigenvalue weighted by molar-refractivity contribution is 0.0698. The average molecular weight is 264 g/mol. The standard InChI is InChI=1S/C13H10F2N2O2/c14-10-2-1-8(5-11(10)15)6-17-12-7-16-4-3-9(12)13(18)19/h1-5,7,17H,6H2,(H,18,19). The molecule has 2 aromatic rings. The number of nitrogens with zero attached hydrogens (tertiary/aromatic N) is 1. The van der Waals surface area contributed by atoms with E-state index in [0.717, 1.165) is 12.1 Å². The molecule has 0 aliphatic rings. The van der Waals surface area contributed by atoms with Crippen LogP contribution in [0.2, 0.25) is 0 Å². The smallest absolute Gasteiger partial charge is 0.337 e. The Hall–Kier alpha value is -2.50.